The van der Waals surface area contributed by atoms with Crippen molar-refractivity contribution >= 4 is 21.6 Å². The molecule has 0 saturated heterocycles. The first-order chi connectivity index (χ1) is 10.3. The van der Waals surface area contributed by atoms with E-state index in [2.05, 4.69) is 0 Å². The fourth-order valence-corrected chi connectivity index (χ4v) is 3.36. The topological polar surface area (TPSA) is 90.0 Å². The van der Waals surface area contributed by atoms with Gasteiger partial charge in [-0.2, -0.15) is 4.31 Å². The van der Waals surface area contributed by atoms with Crippen LogP contribution in [0.2, 0.25) is 0 Å². The number of sulfonamides is 1. The molecule has 7 nitrogen and oxygen atoms in total. The number of hydrogen-bond acceptors (Lipinski definition) is 5. The van der Waals surface area contributed by atoms with Crippen LogP contribution in [0.1, 0.15) is 19.8 Å². The Labute approximate surface area is 131 Å². The highest BCUT2D eigenvalue weighted by Gasteiger charge is 2.26. The summed E-state index contributed by atoms with van der Waals surface area (Å²) in [5, 5.41) is 8.63. The number of hydroxylamine groups is 1. The predicted octanol–water partition coefficient (Wildman–Crippen LogP) is 1.05. The molecule has 0 aliphatic rings. The third-order valence-electron chi connectivity index (χ3n) is 3.18. The van der Waals surface area contributed by atoms with Crippen LogP contribution in [0, 0.1) is 0 Å². The van der Waals surface area contributed by atoms with Crippen LogP contribution in [-0.4, -0.2) is 51.0 Å². The molecule has 0 spiro atoms. The summed E-state index contributed by atoms with van der Waals surface area (Å²) in [6.45, 7) is 1.74. The maximum atomic E-state index is 12.7. The zero-order chi connectivity index (χ0) is 16.8. The minimum Gasteiger partial charge on any atom is -0.378 e. The second-order valence-electron chi connectivity index (χ2n) is 5.12. The maximum Gasteiger partial charge on any atom is 0.258 e. The number of rotatable bonds is 8. The van der Waals surface area contributed by atoms with Crippen molar-refractivity contribution in [3.63, 3.8) is 0 Å². The molecule has 8 heteroatoms. The predicted molar refractivity (Wildman–Crippen MR) is 84.4 cm³/mol. The molecule has 0 heterocycles. The van der Waals surface area contributed by atoms with Gasteiger partial charge in [-0.05, 0) is 24.6 Å². The van der Waals surface area contributed by atoms with Gasteiger partial charge in [0, 0.05) is 26.3 Å². The average Bonchev–Trinajstić information content (AvgIpc) is 2.50. The van der Waals surface area contributed by atoms with Crippen LogP contribution < -0.4 is 10.4 Å². The lowest BCUT2D eigenvalue weighted by molar-refractivity contribution is -0.129. The molecule has 1 aromatic rings. The largest absolute Gasteiger partial charge is 0.378 e. The molecule has 0 radical (unpaired) electrons. The number of unbranched alkanes of at least 4 members (excludes halogenated alkanes) is 1. The van der Waals surface area contributed by atoms with E-state index >= 15 is 0 Å². The van der Waals surface area contributed by atoms with Crippen LogP contribution in [0.3, 0.4) is 0 Å². The fraction of sp³-hybridized carbons (Fsp3) is 0.500. The van der Waals surface area contributed by atoms with Gasteiger partial charge in [-0.15, -0.1) is 0 Å². The Bertz CT molecular complexity index is 602. The first-order valence-corrected chi connectivity index (χ1v) is 8.47. The van der Waals surface area contributed by atoms with Gasteiger partial charge < -0.3 is 4.90 Å². The van der Waals surface area contributed by atoms with Gasteiger partial charge in [-0.3, -0.25) is 10.0 Å². The van der Waals surface area contributed by atoms with Gasteiger partial charge in [-0.25, -0.2) is 13.9 Å². The second-order valence-corrected chi connectivity index (χ2v) is 7.06. The summed E-state index contributed by atoms with van der Waals surface area (Å²) in [5.41, 5.74) is 2.22. The van der Waals surface area contributed by atoms with Gasteiger partial charge in [0.2, 0.25) is 10.0 Å². The molecule has 1 rings (SSSR count). The van der Waals surface area contributed by atoms with E-state index in [1.54, 1.807) is 23.1 Å². The molecule has 0 aliphatic carbocycles. The number of carbonyl (C=O) groups excluding carboxylic acids is 1. The molecule has 0 aliphatic heterocycles. The third-order valence-corrected chi connectivity index (χ3v) is 5.02. The Morgan fingerprint density at radius 2 is 2.00 bits per heavy atom. The highest BCUT2D eigenvalue weighted by Crippen LogP contribution is 2.21. The van der Waals surface area contributed by atoms with Crippen molar-refractivity contribution in [3.05, 3.63) is 24.3 Å². The van der Waals surface area contributed by atoms with Crippen molar-refractivity contribution in [1.82, 2.24) is 9.79 Å². The van der Waals surface area contributed by atoms with Gasteiger partial charge in [-0.1, -0.05) is 19.4 Å². The van der Waals surface area contributed by atoms with E-state index in [9.17, 15) is 13.2 Å². The van der Waals surface area contributed by atoms with Crippen LogP contribution in [0.15, 0.2) is 29.2 Å². The lowest BCUT2D eigenvalue weighted by Crippen LogP contribution is -2.40. The Kier molecular flexibility index (Phi) is 6.79. The Balaban J connectivity index is 3.14. The standard InChI is InChI=1S/C14H23N3O4S/c1-4-5-9-17(11-14(18)15-19)22(20,21)13-8-6-7-12(10-13)16(2)3/h6-8,10,19H,4-5,9,11H2,1-3H3,(H,15,18). The van der Waals surface area contributed by atoms with E-state index in [0.29, 0.717) is 6.42 Å². The molecule has 0 unspecified atom stereocenters. The summed E-state index contributed by atoms with van der Waals surface area (Å²) in [5.74, 6) is -0.761. The summed E-state index contributed by atoms with van der Waals surface area (Å²) in [6, 6.07) is 6.52. The number of nitrogens with zero attached hydrogens (tertiary/aromatic N) is 2. The molecule has 1 aromatic carbocycles. The van der Waals surface area contributed by atoms with Crippen molar-refractivity contribution in [2.24, 2.45) is 0 Å². The fourth-order valence-electron chi connectivity index (χ4n) is 1.89. The summed E-state index contributed by atoms with van der Waals surface area (Å²) in [4.78, 5) is 13.3. The summed E-state index contributed by atoms with van der Waals surface area (Å²) < 4.78 is 26.5. The van der Waals surface area contributed by atoms with E-state index in [1.165, 1.54) is 11.5 Å². The van der Waals surface area contributed by atoms with Crippen molar-refractivity contribution in [3.8, 4) is 0 Å². The monoisotopic (exact) mass is 329 g/mol. The molecule has 0 fully saturated rings. The number of hydrogen-bond donors (Lipinski definition) is 2. The number of benzene rings is 1. The first-order valence-electron chi connectivity index (χ1n) is 7.03. The average molecular weight is 329 g/mol. The Morgan fingerprint density at radius 1 is 1.32 bits per heavy atom. The van der Waals surface area contributed by atoms with E-state index in [4.69, 9.17) is 5.21 Å². The molecular formula is C14H23N3O4S. The van der Waals surface area contributed by atoms with Crippen LogP contribution >= 0.6 is 0 Å². The molecule has 0 saturated carbocycles. The van der Waals surface area contributed by atoms with Crippen molar-refractivity contribution in [2.45, 2.75) is 24.7 Å². The molecular weight excluding hydrogens is 306 g/mol. The molecule has 0 bridgehead atoms. The molecule has 22 heavy (non-hydrogen) atoms. The third kappa shape index (κ3) is 4.69. The molecule has 124 valence electrons. The number of anilines is 1. The van der Waals surface area contributed by atoms with E-state index in [1.807, 2.05) is 21.0 Å². The SMILES string of the molecule is CCCCN(CC(=O)NO)S(=O)(=O)c1cccc(N(C)C)c1. The summed E-state index contributed by atoms with van der Waals surface area (Å²) >= 11 is 0. The molecule has 0 aromatic heterocycles. The van der Waals surface area contributed by atoms with Gasteiger partial charge >= 0.3 is 0 Å². The van der Waals surface area contributed by atoms with Crippen LogP contribution in [0.4, 0.5) is 5.69 Å². The highest BCUT2D eigenvalue weighted by molar-refractivity contribution is 7.89. The van der Waals surface area contributed by atoms with Crippen molar-refractivity contribution in [1.29, 1.82) is 0 Å². The lowest BCUT2D eigenvalue weighted by Gasteiger charge is -2.22. The van der Waals surface area contributed by atoms with E-state index in [0.717, 1.165) is 16.4 Å². The first kappa shape index (κ1) is 18.4. The van der Waals surface area contributed by atoms with Gasteiger partial charge in [0.25, 0.3) is 5.91 Å². The number of carbonyl (C=O) groups is 1. The Morgan fingerprint density at radius 3 is 2.55 bits per heavy atom. The second kappa shape index (κ2) is 8.11. The van der Waals surface area contributed by atoms with E-state index in [-0.39, 0.29) is 11.4 Å². The lowest BCUT2D eigenvalue weighted by atomic mass is 10.3. The number of nitrogens with one attached hydrogen (secondary N) is 1. The van der Waals surface area contributed by atoms with Crippen LogP contribution in [-0.2, 0) is 14.8 Å². The zero-order valence-electron chi connectivity index (χ0n) is 13.1. The molecule has 0 atom stereocenters. The van der Waals surface area contributed by atoms with Crippen LogP contribution in [0.5, 0.6) is 0 Å². The highest BCUT2D eigenvalue weighted by atomic mass is 32.2. The normalized spacial score (nSPS) is 11.5. The smallest absolute Gasteiger partial charge is 0.258 e. The quantitative estimate of drug-likeness (QED) is 0.549. The van der Waals surface area contributed by atoms with Gasteiger partial charge in [0.15, 0.2) is 0 Å². The molecule has 2 N–H and O–H groups in total. The zero-order valence-corrected chi connectivity index (χ0v) is 13.9. The van der Waals surface area contributed by atoms with Crippen molar-refractivity contribution < 1.29 is 18.4 Å². The summed E-state index contributed by atoms with van der Waals surface area (Å²) in [6.07, 6.45) is 1.43. The maximum absolute atomic E-state index is 12.7. The minimum absolute atomic E-state index is 0.126. The van der Waals surface area contributed by atoms with E-state index < -0.39 is 22.5 Å². The Hall–Kier alpha value is -1.64. The minimum atomic E-state index is -3.80. The summed E-state index contributed by atoms with van der Waals surface area (Å²) in [7, 11) is -0.161. The molecule has 1 amide bonds. The van der Waals surface area contributed by atoms with Gasteiger partial charge in [0.1, 0.15) is 0 Å². The number of amides is 1. The van der Waals surface area contributed by atoms with Crippen LogP contribution in [0.25, 0.3) is 0 Å². The van der Waals surface area contributed by atoms with Gasteiger partial charge in [0.05, 0.1) is 11.4 Å². The van der Waals surface area contributed by atoms with Crippen molar-refractivity contribution in [2.75, 3.05) is 32.1 Å².